The Balaban J connectivity index is 2.04. The van der Waals surface area contributed by atoms with Gasteiger partial charge in [0, 0.05) is 18.7 Å². The Morgan fingerprint density at radius 2 is 2.29 bits per heavy atom. The van der Waals surface area contributed by atoms with Crippen molar-refractivity contribution in [1.82, 2.24) is 15.4 Å². The molecule has 1 aromatic heterocycles. The normalized spacial score (nSPS) is 15.9. The zero-order chi connectivity index (χ0) is 12.4. The van der Waals surface area contributed by atoms with E-state index in [1.807, 2.05) is 6.92 Å². The molecule has 6 heteroatoms. The predicted octanol–water partition coefficient (Wildman–Crippen LogP) is -0.208. The number of aryl methyl sites for hydroxylation is 2. The third-order valence-electron chi connectivity index (χ3n) is 2.90. The van der Waals surface area contributed by atoms with E-state index in [4.69, 9.17) is 4.52 Å². The molecule has 1 aliphatic rings. The SMILES string of the molecule is Cc1noc(C)c1CC(=O)N1CCNC(=O)C1. The lowest BCUT2D eigenvalue weighted by atomic mass is 10.1. The Morgan fingerprint density at radius 3 is 2.88 bits per heavy atom. The van der Waals surface area contributed by atoms with Crippen LogP contribution < -0.4 is 5.32 Å². The van der Waals surface area contributed by atoms with E-state index >= 15 is 0 Å². The fourth-order valence-corrected chi connectivity index (χ4v) is 1.87. The molecule has 0 bridgehead atoms. The van der Waals surface area contributed by atoms with Gasteiger partial charge in [-0.25, -0.2) is 0 Å². The summed E-state index contributed by atoms with van der Waals surface area (Å²) in [4.78, 5) is 24.7. The van der Waals surface area contributed by atoms with Crippen LogP contribution >= 0.6 is 0 Å². The summed E-state index contributed by atoms with van der Waals surface area (Å²) in [5.41, 5.74) is 1.55. The molecule has 2 heterocycles. The maximum Gasteiger partial charge on any atom is 0.239 e. The quantitative estimate of drug-likeness (QED) is 0.772. The largest absolute Gasteiger partial charge is 0.361 e. The van der Waals surface area contributed by atoms with Gasteiger partial charge in [-0.2, -0.15) is 0 Å². The molecule has 2 rings (SSSR count). The predicted molar refractivity (Wildman–Crippen MR) is 59.3 cm³/mol. The van der Waals surface area contributed by atoms with Crippen LogP contribution in [0.5, 0.6) is 0 Å². The van der Waals surface area contributed by atoms with E-state index in [1.54, 1.807) is 11.8 Å². The van der Waals surface area contributed by atoms with Crippen LogP contribution in [0.3, 0.4) is 0 Å². The lowest BCUT2D eigenvalue weighted by Gasteiger charge is -2.26. The van der Waals surface area contributed by atoms with Crippen LogP contribution in [0.15, 0.2) is 4.52 Å². The van der Waals surface area contributed by atoms with E-state index in [0.29, 0.717) is 18.8 Å². The van der Waals surface area contributed by atoms with Crippen molar-refractivity contribution in [3.8, 4) is 0 Å². The Bertz CT molecular complexity index is 433. The first-order chi connectivity index (χ1) is 8.08. The fourth-order valence-electron chi connectivity index (χ4n) is 1.87. The highest BCUT2D eigenvalue weighted by molar-refractivity contribution is 5.87. The maximum absolute atomic E-state index is 12.0. The Morgan fingerprint density at radius 1 is 1.53 bits per heavy atom. The molecule has 1 N–H and O–H groups in total. The third kappa shape index (κ3) is 2.46. The van der Waals surface area contributed by atoms with Gasteiger partial charge in [-0.15, -0.1) is 0 Å². The second kappa shape index (κ2) is 4.57. The molecule has 1 aliphatic heterocycles. The van der Waals surface area contributed by atoms with E-state index in [-0.39, 0.29) is 24.8 Å². The number of hydrogen-bond donors (Lipinski definition) is 1. The van der Waals surface area contributed by atoms with Crippen LogP contribution in [0.1, 0.15) is 17.0 Å². The van der Waals surface area contributed by atoms with Crippen LogP contribution in [0.25, 0.3) is 0 Å². The van der Waals surface area contributed by atoms with Crippen molar-refractivity contribution < 1.29 is 14.1 Å². The van der Waals surface area contributed by atoms with Gasteiger partial charge in [0.2, 0.25) is 11.8 Å². The molecule has 0 unspecified atom stereocenters. The van der Waals surface area contributed by atoms with Gasteiger partial charge in [0.1, 0.15) is 5.76 Å². The fraction of sp³-hybridized carbons (Fsp3) is 0.545. The molecule has 0 spiro atoms. The van der Waals surface area contributed by atoms with Gasteiger partial charge in [0.15, 0.2) is 0 Å². The molecule has 2 amide bonds. The highest BCUT2D eigenvalue weighted by atomic mass is 16.5. The topological polar surface area (TPSA) is 75.4 Å². The average molecular weight is 237 g/mol. The smallest absolute Gasteiger partial charge is 0.239 e. The summed E-state index contributed by atoms with van der Waals surface area (Å²) in [6, 6.07) is 0. The highest BCUT2D eigenvalue weighted by Crippen LogP contribution is 2.14. The Labute approximate surface area is 98.9 Å². The van der Waals surface area contributed by atoms with Crippen molar-refractivity contribution in [1.29, 1.82) is 0 Å². The van der Waals surface area contributed by atoms with Crippen LogP contribution in [0.4, 0.5) is 0 Å². The first kappa shape index (κ1) is 11.6. The summed E-state index contributed by atoms with van der Waals surface area (Å²) in [6.07, 6.45) is 0.244. The molecule has 0 atom stereocenters. The molecule has 1 saturated heterocycles. The van der Waals surface area contributed by atoms with Crippen molar-refractivity contribution in [2.24, 2.45) is 0 Å². The first-order valence-electron chi connectivity index (χ1n) is 5.54. The lowest BCUT2D eigenvalue weighted by molar-refractivity contribution is -0.137. The summed E-state index contributed by atoms with van der Waals surface area (Å²) in [6.45, 7) is 4.82. The third-order valence-corrected chi connectivity index (χ3v) is 2.90. The molecule has 17 heavy (non-hydrogen) atoms. The molecule has 0 radical (unpaired) electrons. The summed E-state index contributed by atoms with van der Waals surface area (Å²) < 4.78 is 5.00. The van der Waals surface area contributed by atoms with Gasteiger partial charge in [-0.1, -0.05) is 5.16 Å². The number of rotatable bonds is 2. The standard InChI is InChI=1S/C11H15N3O3/c1-7-9(8(2)17-13-7)5-11(16)14-4-3-12-10(15)6-14/h3-6H2,1-2H3,(H,12,15). The van der Waals surface area contributed by atoms with Crippen LogP contribution in [-0.4, -0.2) is 41.5 Å². The molecule has 1 fully saturated rings. The van der Waals surface area contributed by atoms with Crippen molar-refractivity contribution in [2.45, 2.75) is 20.3 Å². The molecular weight excluding hydrogens is 222 g/mol. The zero-order valence-corrected chi connectivity index (χ0v) is 9.95. The zero-order valence-electron chi connectivity index (χ0n) is 9.95. The van der Waals surface area contributed by atoms with Gasteiger partial charge in [-0.3, -0.25) is 9.59 Å². The number of carbonyl (C=O) groups excluding carboxylic acids is 2. The van der Waals surface area contributed by atoms with Gasteiger partial charge in [-0.05, 0) is 13.8 Å². The van der Waals surface area contributed by atoms with Crippen LogP contribution in [-0.2, 0) is 16.0 Å². The van der Waals surface area contributed by atoms with E-state index in [1.165, 1.54) is 0 Å². The summed E-state index contributed by atoms with van der Waals surface area (Å²) in [7, 11) is 0. The molecule has 0 aromatic carbocycles. The number of carbonyl (C=O) groups is 2. The number of piperazine rings is 1. The Hall–Kier alpha value is -1.85. The Kier molecular flexibility index (Phi) is 3.12. The maximum atomic E-state index is 12.0. The van der Waals surface area contributed by atoms with Crippen molar-refractivity contribution >= 4 is 11.8 Å². The molecule has 6 nitrogen and oxygen atoms in total. The number of aromatic nitrogens is 1. The van der Waals surface area contributed by atoms with Crippen molar-refractivity contribution in [3.63, 3.8) is 0 Å². The molecule has 1 aromatic rings. The monoisotopic (exact) mass is 237 g/mol. The number of hydrogen-bond acceptors (Lipinski definition) is 4. The summed E-state index contributed by atoms with van der Waals surface area (Å²) in [5, 5.41) is 6.49. The second-order valence-corrected chi connectivity index (χ2v) is 4.14. The first-order valence-corrected chi connectivity index (χ1v) is 5.54. The van der Waals surface area contributed by atoms with Gasteiger partial charge in [0.05, 0.1) is 18.7 Å². The molecule has 92 valence electrons. The van der Waals surface area contributed by atoms with Crippen LogP contribution in [0, 0.1) is 13.8 Å². The number of amides is 2. The van der Waals surface area contributed by atoms with Crippen molar-refractivity contribution in [2.75, 3.05) is 19.6 Å². The van der Waals surface area contributed by atoms with E-state index in [2.05, 4.69) is 10.5 Å². The summed E-state index contributed by atoms with van der Waals surface area (Å²) >= 11 is 0. The second-order valence-electron chi connectivity index (χ2n) is 4.14. The van der Waals surface area contributed by atoms with E-state index < -0.39 is 0 Å². The average Bonchev–Trinajstić information content (AvgIpc) is 2.61. The van der Waals surface area contributed by atoms with Crippen molar-refractivity contribution in [3.05, 3.63) is 17.0 Å². The van der Waals surface area contributed by atoms with E-state index in [0.717, 1.165) is 11.3 Å². The van der Waals surface area contributed by atoms with Gasteiger partial charge >= 0.3 is 0 Å². The lowest BCUT2D eigenvalue weighted by Crippen LogP contribution is -2.50. The number of nitrogens with one attached hydrogen (secondary N) is 1. The minimum Gasteiger partial charge on any atom is -0.361 e. The minimum absolute atomic E-state index is 0.0609. The number of nitrogens with zero attached hydrogens (tertiary/aromatic N) is 2. The highest BCUT2D eigenvalue weighted by Gasteiger charge is 2.23. The van der Waals surface area contributed by atoms with Crippen LogP contribution in [0.2, 0.25) is 0 Å². The van der Waals surface area contributed by atoms with Gasteiger partial charge in [0.25, 0.3) is 0 Å². The van der Waals surface area contributed by atoms with E-state index in [9.17, 15) is 9.59 Å². The van der Waals surface area contributed by atoms with Gasteiger partial charge < -0.3 is 14.7 Å². The molecule has 0 aliphatic carbocycles. The summed E-state index contributed by atoms with van der Waals surface area (Å²) in [5.74, 6) is 0.495. The minimum atomic E-state index is -0.108. The molecule has 0 saturated carbocycles. The molecular formula is C11H15N3O3.